The van der Waals surface area contributed by atoms with Gasteiger partial charge in [0.2, 0.25) is 0 Å². The van der Waals surface area contributed by atoms with Crippen LogP contribution in [0.15, 0.2) is 33.9 Å². The molecule has 0 aliphatic carbocycles. The summed E-state index contributed by atoms with van der Waals surface area (Å²) in [5.74, 6) is 0.363. The summed E-state index contributed by atoms with van der Waals surface area (Å²) in [6.07, 6.45) is 1.71. The van der Waals surface area contributed by atoms with Crippen molar-refractivity contribution in [2.24, 2.45) is 0 Å². The highest BCUT2D eigenvalue weighted by Crippen LogP contribution is 2.18. The molecule has 0 radical (unpaired) electrons. The molecule has 0 atom stereocenters. The second-order valence-electron chi connectivity index (χ2n) is 5.36. The summed E-state index contributed by atoms with van der Waals surface area (Å²) >= 11 is 0. The first-order chi connectivity index (χ1) is 11.0. The van der Waals surface area contributed by atoms with Gasteiger partial charge in [0.1, 0.15) is 5.82 Å². The number of rotatable bonds is 6. The van der Waals surface area contributed by atoms with E-state index in [1.807, 2.05) is 31.2 Å². The molecule has 23 heavy (non-hydrogen) atoms. The standard InChI is InChI=1S/C17H20N4O2/c1-3-13-10-14(7-6-12(13)2)19-15-11-16(22)21(17(23)20-15)9-5-4-8-18/h6-7,10-11,19H,3-5,9H2,1-2H3,(H,20,23). The molecule has 6 heteroatoms. The van der Waals surface area contributed by atoms with Crippen LogP contribution in [0, 0.1) is 18.3 Å². The molecule has 2 rings (SSSR count). The number of anilines is 2. The van der Waals surface area contributed by atoms with Gasteiger partial charge in [-0.25, -0.2) is 4.79 Å². The van der Waals surface area contributed by atoms with Crippen molar-refractivity contribution in [3.8, 4) is 6.07 Å². The van der Waals surface area contributed by atoms with Gasteiger partial charge in [0.15, 0.2) is 0 Å². The fraction of sp³-hybridized carbons (Fsp3) is 0.353. The first-order valence-electron chi connectivity index (χ1n) is 7.62. The molecule has 0 fully saturated rings. The normalized spacial score (nSPS) is 10.3. The summed E-state index contributed by atoms with van der Waals surface area (Å²) < 4.78 is 1.11. The number of aromatic nitrogens is 2. The highest BCUT2D eigenvalue weighted by molar-refractivity contribution is 5.57. The first-order valence-corrected chi connectivity index (χ1v) is 7.62. The van der Waals surface area contributed by atoms with Crippen LogP contribution in [0.2, 0.25) is 0 Å². The zero-order valence-electron chi connectivity index (χ0n) is 13.3. The van der Waals surface area contributed by atoms with E-state index in [0.29, 0.717) is 18.7 Å². The third kappa shape index (κ3) is 4.10. The van der Waals surface area contributed by atoms with Gasteiger partial charge in [-0.05, 0) is 43.0 Å². The molecule has 2 aromatic rings. The Hall–Kier alpha value is -2.81. The molecule has 2 N–H and O–H groups in total. The van der Waals surface area contributed by atoms with E-state index in [1.54, 1.807) is 0 Å². The fourth-order valence-electron chi connectivity index (χ4n) is 2.40. The number of hydrogen-bond donors (Lipinski definition) is 2. The van der Waals surface area contributed by atoms with Crippen molar-refractivity contribution in [3.63, 3.8) is 0 Å². The monoisotopic (exact) mass is 312 g/mol. The van der Waals surface area contributed by atoms with Crippen molar-refractivity contribution in [2.75, 3.05) is 5.32 Å². The molecule has 0 spiro atoms. The third-order valence-electron chi connectivity index (χ3n) is 3.70. The van der Waals surface area contributed by atoms with Gasteiger partial charge in [0.05, 0.1) is 6.07 Å². The van der Waals surface area contributed by atoms with Gasteiger partial charge in [-0.2, -0.15) is 5.26 Å². The number of aryl methyl sites for hydroxylation is 2. The molecule has 0 saturated heterocycles. The maximum absolute atomic E-state index is 12.0. The van der Waals surface area contributed by atoms with Crippen molar-refractivity contribution in [1.82, 2.24) is 9.55 Å². The first kappa shape index (κ1) is 16.6. The number of nitrogens with zero attached hydrogens (tertiary/aromatic N) is 2. The van der Waals surface area contributed by atoms with Crippen LogP contribution in [0.1, 0.15) is 30.9 Å². The molecule has 0 unspecified atom stereocenters. The Morgan fingerprint density at radius 2 is 2.09 bits per heavy atom. The van der Waals surface area contributed by atoms with E-state index >= 15 is 0 Å². The lowest BCUT2D eigenvalue weighted by atomic mass is 10.1. The minimum atomic E-state index is -0.472. The summed E-state index contributed by atoms with van der Waals surface area (Å²) in [4.78, 5) is 26.7. The maximum Gasteiger partial charge on any atom is 0.329 e. The quantitative estimate of drug-likeness (QED) is 0.802. The molecule has 0 saturated carbocycles. The van der Waals surface area contributed by atoms with E-state index in [9.17, 15) is 9.59 Å². The van der Waals surface area contributed by atoms with Crippen molar-refractivity contribution >= 4 is 11.5 Å². The Kier molecular flexibility index (Phi) is 5.36. The second-order valence-corrected chi connectivity index (χ2v) is 5.36. The highest BCUT2D eigenvalue weighted by Gasteiger charge is 2.05. The van der Waals surface area contributed by atoms with Crippen LogP contribution in [-0.4, -0.2) is 9.55 Å². The predicted octanol–water partition coefficient (Wildman–Crippen LogP) is 2.45. The van der Waals surface area contributed by atoms with E-state index in [-0.39, 0.29) is 12.1 Å². The number of aromatic amines is 1. The molecule has 0 aliphatic heterocycles. The second kappa shape index (κ2) is 7.45. The fourth-order valence-corrected chi connectivity index (χ4v) is 2.40. The number of hydrogen-bond acceptors (Lipinski definition) is 4. The smallest absolute Gasteiger partial charge is 0.329 e. The predicted molar refractivity (Wildman–Crippen MR) is 90.0 cm³/mol. The number of nitriles is 1. The molecule has 0 aliphatic rings. The number of benzene rings is 1. The van der Waals surface area contributed by atoms with Crippen molar-refractivity contribution < 1.29 is 0 Å². The molecule has 1 aromatic carbocycles. The molecular weight excluding hydrogens is 292 g/mol. The average molecular weight is 312 g/mol. The Labute approximate surface area is 134 Å². The van der Waals surface area contributed by atoms with Gasteiger partial charge < -0.3 is 5.32 Å². The van der Waals surface area contributed by atoms with Crippen LogP contribution in [0.25, 0.3) is 0 Å². The molecule has 0 amide bonds. The largest absolute Gasteiger partial charge is 0.342 e. The van der Waals surface area contributed by atoms with Gasteiger partial charge in [-0.3, -0.25) is 14.3 Å². The minimum Gasteiger partial charge on any atom is -0.342 e. The van der Waals surface area contributed by atoms with Crippen LogP contribution in [0.3, 0.4) is 0 Å². The topological polar surface area (TPSA) is 90.7 Å². The van der Waals surface area contributed by atoms with Crippen LogP contribution < -0.4 is 16.6 Å². The summed E-state index contributed by atoms with van der Waals surface area (Å²) in [5.41, 5.74) is 2.39. The Morgan fingerprint density at radius 1 is 1.30 bits per heavy atom. The van der Waals surface area contributed by atoms with Gasteiger partial charge in [-0.15, -0.1) is 0 Å². The van der Waals surface area contributed by atoms with E-state index in [0.717, 1.165) is 16.7 Å². The van der Waals surface area contributed by atoms with Gasteiger partial charge in [0, 0.05) is 24.7 Å². The zero-order valence-corrected chi connectivity index (χ0v) is 13.3. The summed E-state index contributed by atoms with van der Waals surface area (Å²) in [6.45, 7) is 4.37. The number of unbranched alkanes of at least 4 members (excludes halogenated alkanes) is 1. The van der Waals surface area contributed by atoms with Crippen molar-refractivity contribution in [2.45, 2.75) is 39.7 Å². The van der Waals surface area contributed by atoms with E-state index in [1.165, 1.54) is 17.2 Å². The Morgan fingerprint density at radius 3 is 2.74 bits per heavy atom. The van der Waals surface area contributed by atoms with Crippen LogP contribution in [-0.2, 0) is 13.0 Å². The lowest BCUT2D eigenvalue weighted by Gasteiger charge is -2.10. The summed E-state index contributed by atoms with van der Waals surface area (Å²) in [5, 5.41) is 11.6. The molecule has 1 heterocycles. The van der Waals surface area contributed by atoms with E-state index < -0.39 is 5.69 Å². The summed E-state index contributed by atoms with van der Waals surface area (Å²) in [7, 11) is 0. The average Bonchev–Trinajstić information content (AvgIpc) is 2.52. The van der Waals surface area contributed by atoms with Crippen molar-refractivity contribution in [1.29, 1.82) is 5.26 Å². The Bertz CT molecular complexity index is 812. The molecule has 1 aromatic heterocycles. The zero-order chi connectivity index (χ0) is 16.8. The van der Waals surface area contributed by atoms with Gasteiger partial charge in [0.25, 0.3) is 5.56 Å². The van der Waals surface area contributed by atoms with Crippen molar-refractivity contribution in [3.05, 3.63) is 56.2 Å². The molecule has 120 valence electrons. The number of H-pyrrole nitrogens is 1. The van der Waals surface area contributed by atoms with E-state index in [4.69, 9.17) is 5.26 Å². The third-order valence-corrected chi connectivity index (χ3v) is 3.70. The molecular formula is C17H20N4O2. The van der Waals surface area contributed by atoms with Gasteiger partial charge >= 0.3 is 5.69 Å². The summed E-state index contributed by atoms with van der Waals surface area (Å²) in [6, 6.07) is 9.27. The van der Waals surface area contributed by atoms with Crippen LogP contribution >= 0.6 is 0 Å². The lowest BCUT2D eigenvalue weighted by molar-refractivity contribution is 0.599. The SMILES string of the molecule is CCc1cc(Nc2cc(=O)n(CCCC#N)c(=O)[nH]2)ccc1C. The number of nitrogens with one attached hydrogen (secondary N) is 2. The minimum absolute atomic E-state index is 0.243. The van der Waals surface area contributed by atoms with E-state index in [2.05, 4.69) is 17.2 Å². The van der Waals surface area contributed by atoms with Crippen LogP contribution in [0.4, 0.5) is 11.5 Å². The Balaban J connectivity index is 2.23. The van der Waals surface area contributed by atoms with Crippen LogP contribution in [0.5, 0.6) is 0 Å². The maximum atomic E-state index is 12.0. The molecule has 0 bridgehead atoms. The lowest BCUT2D eigenvalue weighted by Crippen LogP contribution is -2.35. The highest BCUT2D eigenvalue weighted by atomic mass is 16.2. The van der Waals surface area contributed by atoms with Gasteiger partial charge in [-0.1, -0.05) is 13.0 Å². The molecule has 6 nitrogen and oxygen atoms in total.